The molecule has 0 saturated heterocycles. The lowest BCUT2D eigenvalue weighted by molar-refractivity contribution is -0.122. The fourth-order valence-electron chi connectivity index (χ4n) is 2.63. The molecule has 22 heavy (non-hydrogen) atoms. The van der Waals surface area contributed by atoms with E-state index < -0.39 is 0 Å². The first-order valence-corrected chi connectivity index (χ1v) is 7.42. The molecule has 0 fully saturated rings. The van der Waals surface area contributed by atoms with Crippen molar-refractivity contribution in [2.45, 2.75) is 27.2 Å². The molecule has 1 aromatic rings. The van der Waals surface area contributed by atoms with Gasteiger partial charge < -0.3 is 15.4 Å². The SMILES string of the molecule is Cc1cc(C)c(OCC(=O)NCC2=CCNCC2)c(C)c1.Cl. The van der Waals surface area contributed by atoms with Crippen LogP contribution in [0.15, 0.2) is 23.8 Å². The van der Waals surface area contributed by atoms with Gasteiger partial charge in [-0.1, -0.05) is 29.3 Å². The van der Waals surface area contributed by atoms with Crippen molar-refractivity contribution in [1.29, 1.82) is 0 Å². The largest absolute Gasteiger partial charge is 0.483 e. The third kappa shape index (κ3) is 5.35. The van der Waals surface area contributed by atoms with E-state index in [1.165, 1.54) is 11.1 Å². The highest BCUT2D eigenvalue weighted by molar-refractivity contribution is 5.85. The summed E-state index contributed by atoms with van der Waals surface area (Å²) in [5, 5.41) is 6.17. The highest BCUT2D eigenvalue weighted by Gasteiger charge is 2.09. The van der Waals surface area contributed by atoms with Gasteiger partial charge in [-0.3, -0.25) is 4.79 Å². The Labute approximate surface area is 138 Å². The minimum absolute atomic E-state index is 0. The van der Waals surface area contributed by atoms with Gasteiger partial charge >= 0.3 is 0 Å². The summed E-state index contributed by atoms with van der Waals surface area (Å²) in [6.07, 6.45) is 3.14. The van der Waals surface area contributed by atoms with Crippen molar-refractivity contribution in [3.05, 3.63) is 40.5 Å². The molecule has 0 aromatic heterocycles. The summed E-state index contributed by atoms with van der Waals surface area (Å²) in [6, 6.07) is 4.14. The number of amides is 1. The summed E-state index contributed by atoms with van der Waals surface area (Å²) >= 11 is 0. The summed E-state index contributed by atoms with van der Waals surface area (Å²) in [7, 11) is 0. The molecule has 0 bridgehead atoms. The van der Waals surface area contributed by atoms with Crippen LogP contribution in [0.5, 0.6) is 5.75 Å². The molecule has 1 aliphatic heterocycles. The third-order valence-corrected chi connectivity index (χ3v) is 3.62. The predicted molar refractivity (Wildman–Crippen MR) is 92.0 cm³/mol. The Morgan fingerprint density at radius 1 is 1.27 bits per heavy atom. The molecular weight excluding hydrogens is 300 g/mol. The lowest BCUT2D eigenvalue weighted by atomic mass is 10.1. The van der Waals surface area contributed by atoms with Crippen molar-refractivity contribution in [2.75, 3.05) is 26.2 Å². The number of aryl methyl sites for hydroxylation is 3. The van der Waals surface area contributed by atoms with Gasteiger partial charge in [-0.15, -0.1) is 12.4 Å². The van der Waals surface area contributed by atoms with Gasteiger partial charge in [0.2, 0.25) is 0 Å². The molecule has 4 nitrogen and oxygen atoms in total. The normalized spacial score (nSPS) is 13.9. The van der Waals surface area contributed by atoms with Crippen molar-refractivity contribution >= 4 is 18.3 Å². The molecule has 1 amide bonds. The van der Waals surface area contributed by atoms with E-state index in [2.05, 4.69) is 35.8 Å². The maximum absolute atomic E-state index is 11.9. The summed E-state index contributed by atoms with van der Waals surface area (Å²) < 4.78 is 5.68. The fourth-order valence-corrected chi connectivity index (χ4v) is 2.63. The number of benzene rings is 1. The molecule has 0 saturated carbocycles. The molecule has 2 rings (SSSR count). The molecule has 0 aliphatic carbocycles. The van der Waals surface area contributed by atoms with Crippen molar-refractivity contribution < 1.29 is 9.53 Å². The van der Waals surface area contributed by atoms with E-state index in [-0.39, 0.29) is 24.9 Å². The first-order valence-electron chi connectivity index (χ1n) is 7.42. The van der Waals surface area contributed by atoms with Gasteiger partial charge in [-0.25, -0.2) is 0 Å². The highest BCUT2D eigenvalue weighted by atomic mass is 35.5. The predicted octanol–water partition coefficient (Wildman–Crippen LogP) is 2.45. The number of rotatable bonds is 5. The van der Waals surface area contributed by atoms with Gasteiger partial charge in [0.05, 0.1) is 0 Å². The molecule has 1 aliphatic rings. The Morgan fingerprint density at radius 2 is 1.95 bits per heavy atom. The summed E-state index contributed by atoms with van der Waals surface area (Å²) in [4.78, 5) is 11.9. The molecule has 0 unspecified atom stereocenters. The molecule has 2 N–H and O–H groups in total. The van der Waals surface area contributed by atoms with Crippen LogP contribution in [0.2, 0.25) is 0 Å². The quantitative estimate of drug-likeness (QED) is 0.818. The Balaban J connectivity index is 0.00000242. The fraction of sp³-hybridized carbons (Fsp3) is 0.471. The van der Waals surface area contributed by atoms with Crippen LogP contribution in [0.25, 0.3) is 0 Å². The van der Waals surface area contributed by atoms with Crippen LogP contribution in [-0.4, -0.2) is 32.1 Å². The Bertz CT molecular complexity index is 533. The zero-order valence-corrected chi connectivity index (χ0v) is 14.3. The highest BCUT2D eigenvalue weighted by Crippen LogP contribution is 2.24. The lowest BCUT2D eigenvalue weighted by Crippen LogP contribution is -2.32. The molecule has 0 spiro atoms. The Morgan fingerprint density at radius 3 is 2.55 bits per heavy atom. The average Bonchev–Trinajstić information content (AvgIpc) is 2.45. The van der Waals surface area contributed by atoms with E-state index in [9.17, 15) is 4.79 Å². The van der Waals surface area contributed by atoms with Gasteiger partial charge in [-0.05, 0) is 44.9 Å². The molecule has 0 atom stereocenters. The minimum atomic E-state index is -0.0752. The maximum Gasteiger partial charge on any atom is 0.258 e. The second-order valence-electron chi connectivity index (χ2n) is 5.61. The number of nitrogens with one attached hydrogen (secondary N) is 2. The second kappa shape index (κ2) is 8.81. The van der Waals surface area contributed by atoms with E-state index in [0.29, 0.717) is 6.54 Å². The van der Waals surface area contributed by atoms with E-state index in [0.717, 1.165) is 36.4 Å². The van der Waals surface area contributed by atoms with Crippen molar-refractivity contribution in [3.63, 3.8) is 0 Å². The van der Waals surface area contributed by atoms with Crippen LogP contribution in [0.3, 0.4) is 0 Å². The molecule has 122 valence electrons. The van der Waals surface area contributed by atoms with E-state index in [4.69, 9.17) is 4.74 Å². The van der Waals surface area contributed by atoms with Crippen molar-refractivity contribution in [1.82, 2.24) is 10.6 Å². The van der Waals surface area contributed by atoms with Gasteiger partial charge in [0.25, 0.3) is 5.91 Å². The van der Waals surface area contributed by atoms with Gasteiger partial charge in [0.1, 0.15) is 5.75 Å². The summed E-state index contributed by atoms with van der Waals surface area (Å²) in [6.45, 7) is 8.64. The number of carbonyl (C=O) groups is 1. The Hall–Kier alpha value is -1.52. The minimum Gasteiger partial charge on any atom is -0.483 e. The van der Waals surface area contributed by atoms with Crippen molar-refractivity contribution in [2.24, 2.45) is 0 Å². The van der Waals surface area contributed by atoms with Crippen molar-refractivity contribution in [3.8, 4) is 5.75 Å². The monoisotopic (exact) mass is 324 g/mol. The molecule has 1 aromatic carbocycles. The van der Waals surface area contributed by atoms with E-state index in [1.807, 2.05) is 13.8 Å². The first-order chi connectivity index (χ1) is 10.1. The van der Waals surface area contributed by atoms with Crippen LogP contribution in [0.4, 0.5) is 0 Å². The second-order valence-corrected chi connectivity index (χ2v) is 5.61. The third-order valence-electron chi connectivity index (χ3n) is 3.62. The van der Waals surface area contributed by atoms with Crippen LogP contribution in [0, 0.1) is 20.8 Å². The number of ether oxygens (including phenoxy) is 1. The molecular formula is C17H25ClN2O2. The van der Waals surface area contributed by atoms with Crippen LogP contribution < -0.4 is 15.4 Å². The molecule has 0 radical (unpaired) electrons. The molecule has 1 heterocycles. The van der Waals surface area contributed by atoms with E-state index >= 15 is 0 Å². The standard InChI is InChI=1S/C17H24N2O2.ClH/c1-12-8-13(2)17(14(3)9-12)21-11-16(20)19-10-15-4-6-18-7-5-15;/h4,8-9,18H,5-7,10-11H2,1-3H3,(H,19,20);1H. The lowest BCUT2D eigenvalue weighted by Gasteiger charge is -2.16. The van der Waals surface area contributed by atoms with Gasteiger partial charge in [0, 0.05) is 13.1 Å². The number of halogens is 1. The van der Waals surface area contributed by atoms with Gasteiger partial charge in [-0.2, -0.15) is 0 Å². The smallest absolute Gasteiger partial charge is 0.258 e. The van der Waals surface area contributed by atoms with Crippen LogP contribution in [-0.2, 0) is 4.79 Å². The number of hydrogen-bond acceptors (Lipinski definition) is 3. The van der Waals surface area contributed by atoms with Crippen LogP contribution >= 0.6 is 12.4 Å². The number of hydrogen-bond donors (Lipinski definition) is 2. The topological polar surface area (TPSA) is 50.4 Å². The van der Waals surface area contributed by atoms with E-state index in [1.54, 1.807) is 0 Å². The van der Waals surface area contributed by atoms with Crippen LogP contribution in [0.1, 0.15) is 23.1 Å². The Kier molecular flexibility index (Phi) is 7.42. The number of carbonyl (C=O) groups excluding carboxylic acids is 1. The summed E-state index contributed by atoms with van der Waals surface area (Å²) in [5.41, 5.74) is 4.63. The maximum atomic E-state index is 11.9. The first kappa shape index (κ1) is 18.5. The molecule has 5 heteroatoms. The average molecular weight is 325 g/mol. The van der Waals surface area contributed by atoms with Gasteiger partial charge in [0.15, 0.2) is 6.61 Å². The summed E-state index contributed by atoms with van der Waals surface area (Å²) in [5.74, 6) is 0.741. The zero-order valence-electron chi connectivity index (χ0n) is 13.5. The zero-order chi connectivity index (χ0) is 15.2.